The van der Waals surface area contributed by atoms with Gasteiger partial charge in [-0.2, -0.15) is 0 Å². The molecule has 100 valence electrons. The first-order valence-corrected chi connectivity index (χ1v) is 6.76. The van der Waals surface area contributed by atoms with E-state index in [1.807, 2.05) is 30.3 Å². The van der Waals surface area contributed by atoms with Crippen molar-refractivity contribution in [2.24, 2.45) is 0 Å². The zero-order chi connectivity index (χ0) is 13.8. The lowest BCUT2D eigenvalue weighted by molar-refractivity contribution is 0.618. The van der Waals surface area contributed by atoms with Crippen LogP contribution in [0.2, 0.25) is 5.02 Å². The largest absolute Gasteiger partial charge is 0.378 e. The van der Waals surface area contributed by atoms with E-state index in [0.717, 1.165) is 22.7 Å². The molecule has 19 heavy (non-hydrogen) atoms. The summed E-state index contributed by atoms with van der Waals surface area (Å²) in [5.41, 5.74) is 2.63. The van der Waals surface area contributed by atoms with Crippen molar-refractivity contribution in [2.75, 3.05) is 5.32 Å². The van der Waals surface area contributed by atoms with E-state index in [4.69, 9.17) is 11.6 Å². The first-order chi connectivity index (χ1) is 9.11. The molecule has 1 atom stereocenters. The fourth-order valence-corrected chi connectivity index (χ4v) is 2.19. The van der Waals surface area contributed by atoms with Crippen LogP contribution in [0.4, 0.5) is 10.1 Å². The zero-order valence-corrected chi connectivity index (χ0v) is 11.8. The zero-order valence-electron chi connectivity index (χ0n) is 11.1. The first-order valence-electron chi connectivity index (χ1n) is 6.39. The molecule has 1 unspecified atom stereocenters. The fraction of sp³-hybridized carbons (Fsp3) is 0.250. The highest BCUT2D eigenvalue weighted by Crippen LogP contribution is 2.26. The highest BCUT2D eigenvalue weighted by molar-refractivity contribution is 6.30. The normalized spacial score (nSPS) is 12.2. The molecule has 0 bridgehead atoms. The maximum absolute atomic E-state index is 13.5. The van der Waals surface area contributed by atoms with Crippen molar-refractivity contribution >= 4 is 17.3 Å². The van der Waals surface area contributed by atoms with Crippen LogP contribution in [0.1, 0.15) is 30.5 Å². The fourth-order valence-electron chi connectivity index (χ4n) is 2.07. The third-order valence-corrected chi connectivity index (χ3v) is 3.53. The monoisotopic (exact) mass is 277 g/mol. The van der Waals surface area contributed by atoms with Gasteiger partial charge >= 0.3 is 0 Å². The molecule has 2 aromatic carbocycles. The van der Waals surface area contributed by atoms with Gasteiger partial charge in [-0.05, 0) is 43.2 Å². The summed E-state index contributed by atoms with van der Waals surface area (Å²) in [7, 11) is 0. The Labute approximate surface area is 118 Å². The van der Waals surface area contributed by atoms with Gasteiger partial charge in [0, 0.05) is 16.3 Å². The second kappa shape index (κ2) is 6.07. The van der Waals surface area contributed by atoms with Crippen LogP contribution in [0.3, 0.4) is 0 Å². The Kier molecular flexibility index (Phi) is 4.43. The quantitative estimate of drug-likeness (QED) is 0.794. The van der Waals surface area contributed by atoms with Crippen LogP contribution in [0.5, 0.6) is 0 Å². The van der Waals surface area contributed by atoms with Gasteiger partial charge in [-0.3, -0.25) is 0 Å². The summed E-state index contributed by atoms with van der Waals surface area (Å²) in [5.74, 6) is -0.184. The second-order valence-electron chi connectivity index (χ2n) is 4.57. The summed E-state index contributed by atoms with van der Waals surface area (Å²) >= 11 is 5.90. The Balaban J connectivity index is 2.24. The molecular weight excluding hydrogens is 261 g/mol. The van der Waals surface area contributed by atoms with Gasteiger partial charge in [0.15, 0.2) is 0 Å². The minimum atomic E-state index is -0.184. The van der Waals surface area contributed by atoms with Gasteiger partial charge in [0.25, 0.3) is 0 Å². The van der Waals surface area contributed by atoms with Gasteiger partial charge in [-0.15, -0.1) is 0 Å². The van der Waals surface area contributed by atoms with E-state index in [1.54, 1.807) is 13.0 Å². The number of benzene rings is 2. The van der Waals surface area contributed by atoms with Gasteiger partial charge < -0.3 is 5.32 Å². The van der Waals surface area contributed by atoms with Crippen molar-refractivity contribution < 1.29 is 4.39 Å². The molecule has 2 aromatic rings. The topological polar surface area (TPSA) is 12.0 Å². The standard InChI is InChI=1S/C16H17ClFN/c1-3-15(12-7-9-13(17)10-8-12)19-16-6-4-5-14(18)11(16)2/h4-10,15,19H,3H2,1-2H3. The summed E-state index contributed by atoms with van der Waals surface area (Å²) in [6, 6.07) is 13.0. The van der Waals surface area contributed by atoms with Gasteiger partial charge in [0.05, 0.1) is 6.04 Å². The molecule has 0 aromatic heterocycles. The van der Waals surface area contributed by atoms with Crippen molar-refractivity contribution in [1.82, 2.24) is 0 Å². The number of hydrogen-bond donors (Lipinski definition) is 1. The second-order valence-corrected chi connectivity index (χ2v) is 5.01. The van der Waals surface area contributed by atoms with Crippen molar-refractivity contribution in [3.63, 3.8) is 0 Å². The van der Waals surface area contributed by atoms with Gasteiger partial charge in [0.2, 0.25) is 0 Å². The number of anilines is 1. The van der Waals surface area contributed by atoms with Gasteiger partial charge in [-0.25, -0.2) is 4.39 Å². The summed E-state index contributed by atoms with van der Waals surface area (Å²) in [4.78, 5) is 0. The van der Waals surface area contributed by atoms with Crippen LogP contribution in [0.25, 0.3) is 0 Å². The molecule has 0 aliphatic heterocycles. The van der Waals surface area contributed by atoms with Gasteiger partial charge in [-0.1, -0.05) is 36.7 Å². The van der Waals surface area contributed by atoms with Crippen LogP contribution in [0.15, 0.2) is 42.5 Å². The number of hydrogen-bond acceptors (Lipinski definition) is 1. The Morgan fingerprint density at radius 3 is 2.47 bits per heavy atom. The first kappa shape index (κ1) is 13.9. The molecule has 2 rings (SSSR count). The lowest BCUT2D eigenvalue weighted by Crippen LogP contribution is -2.10. The Morgan fingerprint density at radius 2 is 1.84 bits per heavy atom. The van der Waals surface area contributed by atoms with Gasteiger partial charge in [0.1, 0.15) is 5.82 Å². The van der Waals surface area contributed by atoms with E-state index in [-0.39, 0.29) is 11.9 Å². The summed E-state index contributed by atoms with van der Waals surface area (Å²) < 4.78 is 13.5. The third kappa shape index (κ3) is 3.27. The van der Waals surface area contributed by atoms with E-state index >= 15 is 0 Å². The Bertz CT molecular complexity index is 551. The molecule has 0 fully saturated rings. The minimum absolute atomic E-state index is 0.151. The summed E-state index contributed by atoms with van der Waals surface area (Å²) in [6.45, 7) is 3.88. The van der Waals surface area contributed by atoms with Crippen LogP contribution in [-0.2, 0) is 0 Å². The van der Waals surface area contributed by atoms with Crippen molar-refractivity contribution in [1.29, 1.82) is 0 Å². The van der Waals surface area contributed by atoms with Crippen molar-refractivity contribution in [3.05, 3.63) is 64.4 Å². The van der Waals surface area contributed by atoms with E-state index in [2.05, 4.69) is 12.2 Å². The molecule has 1 nitrogen and oxygen atoms in total. The van der Waals surface area contributed by atoms with E-state index < -0.39 is 0 Å². The number of nitrogens with one attached hydrogen (secondary N) is 1. The molecule has 0 amide bonds. The molecule has 1 N–H and O–H groups in total. The van der Waals surface area contributed by atoms with Crippen LogP contribution in [-0.4, -0.2) is 0 Å². The average Bonchev–Trinajstić information content (AvgIpc) is 2.42. The molecule has 0 spiro atoms. The molecule has 0 aliphatic carbocycles. The van der Waals surface area contributed by atoms with E-state index in [0.29, 0.717) is 5.56 Å². The summed E-state index contributed by atoms with van der Waals surface area (Å²) in [6.07, 6.45) is 0.914. The molecule has 0 aliphatic rings. The maximum atomic E-state index is 13.5. The molecule has 3 heteroatoms. The maximum Gasteiger partial charge on any atom is 0.128 e. The predicted octanol–water partition coefficient (Wildman–Crippen LogP) is 5.35. The lowest BCUT2D eigenvalue weighted by atomic mass is 10.0. The number of halogens is 2. The smallest absolute Gasteiger partial charge is 0.128 e. The third-order valence-electron chi connectivity index (χ3n) is 3.28. The SMILES string of the molecule is CCC(Nc1cccc(F)c1C)c1ccc(Cl)cc1. The van der Waals surface area contributed by atoms with Crippen molar-refractivity contribution in [3.8, 4) is 0 Å². The minimum Gasteiger partial charge on any atom is -0.378 e. The Hall–Kier alpha value is -1.54. The van der Waals surface area contributed by atoms with Crippen LogP contribution >= 0.6 is 11.6 Å². The van der Waals surface area contributed by atoms with Crippen LogP contribution < -0.4 is 5.32 Å². The predicted molar refractivity (Wildman–Crippen MR) is 79.2 cm³/mol. The number of rotatable bonds is 4. The van der Waals surface area contributed by atoms with Crippen LogP contribution in [0, 0.1) is 12.7 Å². The lowest BCUT2D eigenvalue weighted by Gasteiger charge is -2.20. The average molecular weight is 278 g/mol. The Morgan fingerprint density at radius 1 is 1.16 bits per heavy atom. The highest BCUT2D eigenvalue weighted by Gasteiger charge is 2.11. The molecule has 0 radical (unpaired) electrons. The molecular formula is C16H17ClFN. The molecule has 0 heterocycles. The van der Waals surface area contributed by atoms with E-state index in [1.165, 1.54) is 6.07 Å². The highest BCUT2D eigenvalue weighted by atomic mass is 35.5. The van der Waals surface area contributed by atoms with E-state index in [9.17, 15) is 4.39 Å². The van der Waals surface area contributed by atoms with Crippen molar-refractivity contribution in [2.45, 2.75) is 26.3 Å². The molecule has 0 saturated heterocycles. The summed E-state index contributed by atoms with van der Waals surface area (Å²) in [5, 5.41) is 4.11. The molecule has 0 saturated carbocycles.